The van der Waals surface area contributed by atoms with Crippen molar-refractivity contribution in [2.24, 2.45) is 5.92 Å². The van der Waals surface area contributed by atoms with Crippen molar-refractivity contribution in [3.8, 4) is 0 Å². The van der Waals surface area contributed by atoms with Gasteiger partial charge in [0.15, 0.2) is 0 Å². The van der Waals surface area contributed by atoms with Crippen LogP contribution in [-0.2, 0) is 9.53 Å². The molecule has 0 rings (SSSR count). The molecule has 0 aliphatic carbocycles. The number of carbonyl (C=O) groups excluding carboxylic acids is 1. The Hall–Kier alpha value is -1.31. The van der Waals surface area contributed by atoms with E-state index in [2.05, 4.69) is 32.9 Å². The van der Waals surface area contributed by atoms with E-state index >= 15 is 0 Å². The molecule has 0 aromatic rings. The molecule has 0 aliphatic rings. The molecule has 114 valence electrons. The first-order chi connectivity index (χ1) is 9.36. The van der Waals surface area contributed by atoms with Crippen LogP contribution in [-0.4, -0.2) is 12.6 Å². The van der Waals surface area contributed by atoms with Crippen LogP contribution >= 0.6 is 0 Å². The third-order valence-corrected chi connectivity index (χ3v) is 3.28. The molecule has 0 aromatic carbocycles. The van der Waals surface area contributed by atoms with Crippen molar-refractivity contribution >= 4 is 5.97 Å². The number of carbonyl (C=O) groups is 1. The Kier molecular flexibility index (Phi) is 9.79. The zero-order chi connectivity index (χ0) is 15.5. The van der Waals surface area contributed by atoms with Gasteiger partial charge in [-0.3, -0.25) is 0 Å². The summed E-state index contributed by atoms with van der Waals surface area (Å²) in [7, 11) is 0. The molecular formula is C18H30O2. The first-order valence-corrected chi connectivity index (χ1v) is 7.52. The molecule has 0 N–H and O–H groups in total. The lowest BCUT2D eigenvalue weighted by Gasteiger charge is -2.08. The van der Waals surface area contributed by atoms with Gasteiger partial charge in [0.2, 0.25) is 0 Å². The van der Waals surface area contributed by atoms with Crippen molar-refractivity contribution in [3.05, 3.63) is 34.9 Å². The SMILES string of the molecule is CCOC(=O)/C=C(C)/C(C)=C/CC(C)CCC=C(C)C. The maximum absolute atomic E-state index is 11.4. The molecule has 0 bridgehead atoms. The Bertz CT molecular complexity index is 382. The van der Waals surface area contributed by atoms with Crippen LogP contribution in [0.4, 0.5) is 0 Å². The lowest BCUT2D eigenvalue weighted by molar-refractivity contribution is -0.137. The Morgan fingerprint density at radius 1 is 1.10 bits per heavy atom. The molecule has 1 atom stereocenters. The summed E-state index contributed by atoms with van der Waals surface area (Å²) in [5.41, 5.74) is 3.53. The topological polar surface area (TPSA) is 26.3 Å². The molecule has 0 spiro atoms. The van der Waals surface area contributed by atoms with Gasteiger partial charge in [-0.05, 0) is 65.4 Å². The average molecular weight is 278 g/mol. The molecule has 1 unspecified atom stereocenters. The molecule has 0 saturated carbocycles. The summed E-state index contributed by atoms with van der Waals surface area (Å²) in [5.74, 6) is 0.408. The molecular weight excluding hydrogens is 248 g/mol. The van der Waals surface area contributed by atoms with E-state index in [9.17, 15) is 4.79 Å². The summed E-state index contributed by atoms with van der Waals surface area (Å²) in [5, 5.41) is 0. The van der Waals surface area contributed by atoms with Crippen LogP contribution in [0.5, 0.6) is 0 Å². The molecule has 0 heterocycles. The monoisotopic (exact) mass is 278 g/mol. The number of hydrogen-bond acceptors (Lipinski definition) is 2. The van der Waals surface area contributed by atoms with Crippen molar-refractivity contribution in [2.75, 3.05) is 6.61 Å². The highest BCUT2D eigenvalue weighted by atomic mass is 16.5. The summed E-state index contributed by atoms with van der Waals surface area (Å²) >= 11 is 0. The van der Waals surface area contributed by atoms with Gasteiger partial charge in [-0.25, -0.2) is 4.79 Å². The minimum Gasteiger partial charge on any atom is -0.463 e. The Labute approximate surface area is 124 Å². The summed E-state index contributed by atoms with van der Waals surface area (Å²) in [6.07, 6.45) is 9.49. The van der Waals surface area contributed by atoms with Gasteiger partial charge in [-0.2, -0.15) is 0 Å². The standard InChI is InChI=1S/C18H30O2/c1-7-20-18(19)13-17(6)16(5)12-11-15(4)10-8-9-14(2)3/h9,12-13,15H,7-8,10-11H2,1-6H3/b16-12+,17-13+. The maximum atomic E-state index is 11.4. The highest BCUT2D eigenvalue weighted by Gasteiger charge is 2.02. The Morgan fingerprint density at radius 2 is 1.75 bits per heavy atom. The molecule has 0 aromatic heterocycles. The Morgan fingerprint density at radius 3 is 2.30 bits per heavy atom. The van der Waals surface area contributed by atoms with E-state index in [1.807, 2.05) is 20.8 Å². The first kappa shape index (κ1) is 18.7. The van der Waals surface area contributed by atoms with Crippen molar-refractivity contribution in [1.82, 2.24) is 0 Å². The van der Waals surface area contributed by atoms with Gasteiger partial charge >= 0.3 is 5.97 Å². The minimum absolute atomic E-state index is 0.255. The van der Waals surface area contributed by atoms with Crippen LogP contribution in [0, 0.1) is 5.92 Å². The molecule has 0 amide bonds. The predicted molar refractivity (Wildman–Crippen MR) is 86.6 cm³/mol. The van der Waals surface area contributed by atoms with Gasteiger partial charge < -0.3 is 4.74 Å². The van der Waals surface area contributed by atoms with Gasteiger partial charge in [-0.15, -0.1) is 0 Å². The molecule has 0 radical (unpaired) electrons. The second-order valence-electron chi connectivity index (χ2n) is 5.67. The third kappa shape index (κ3) is 9.60. The second kappa shape index (κ2) is 10.5. The molecule has 20 heavy (non-hydrogen) atoms. The predicted octanol–water partition coefficient (Wildman–Crippen LogP) is 5.21. The van der Waals surface area contributed by atoms with Gasteiger partial charge in [0.1, 0.15) is 0 Å². The largest absolute Gasteiger partial charge is 0.463 e. The van der Waals surface area contributed by atoms with E-state index in [1.165, 1.54) is 12.0 Å². The molecule has 0 saturated heterocycles. The molecule has 2 nitrogen and oxygen atoms in total. The van der Waals surface area contributed by atoms with Crippen LogP contribution < -0.4 is 0 Å². The number of allylic oxidation sites excluding steroid dienone is 5. The van der Waals surface area contributed by atoms with E-state index in [-0.39, 0.29) is 5.97 Å². The van der Waals surface area contributed by atoms with Crippen LogP contribution in [0.15, 0.2) is 34.9 Å². The number of ether oxygens (including phenoxy) is 1. The zero-order valence-electron chi connectivity index (χ0n) is 14.0. The lowest BCUT2D eigenvalue weighted by Crippen LogP contribution is -2.01. The summed E-state index contributed by atoms with van der Waals surface area (Å²) < 4.78 is 4.91. The van der Waals surface area contributed by atoms with Crippen molar-refractivity contribution in [3.63, 3.8) is 0 Å². The van der Waals surface area contributed by atoms with Crippen molar-refractivity contribution < 1.29 is 9.53 Å². The summed E-state index contributed by atoms with van der Waals surface area (Å²) in [6, 6.07) is 0. The van der Waals surface area contributed by atoms with Gasteiger partial charge in [0, 0.05) is 6.08 Å². The fourth-order valence-corrected chi connectivity index (χ4v) is 1.79. The van der Waals surface area contributed by atoms with E-state index in [0.29, 0.717) is 12.5 Å². The van der Waals surface area contributed by atoms with E-state index in [1.54, 1.807) is 6.08 Å². The minimum atomic E-state index is -0.255. The normalized spacial score (nSPS) is 13.9. The third-order valence-electron chi connectivity index (χ3n) is 3.28. The van der Waals surface area contributed by atoms with Crippen LogP contribution in [0.25, 0.3) is 0 Å². The number of rotatable bonds is 8. The molecule has 2 heteroatoms. The lowest BCUT2D eigenvalue weighted by atomic mass is 9.98. The number of hydrogen-bond donors (Lipinski definition) is 0. The van der Waals surface area contributed by atoms with Crippen LogP contribution in [0.3, 0.4) is 0 Å². The van der Waals surface area contributed by atoms with E-state index < -0.39 is 0 Å². The highest BCUT2D eigenvalue weighted by Crippen LogP contribution is 2.16. The number of esters is 1. The fraction of sp³-hybridized carbons (Fsp3) is 0.611. The quantitative estimate of drug-likeness (QED) is 0.263. The summed E-state index contributed by atoms with van der Waals surface area (Å²) in [6.45, 7) is 12.8. The highest BCUT2D eigenvalue weighted by molar-refractivity contribution is 5.83. The Balaban J connectivity index is 4.30. The van der Waals surface area contributed by atoms with E-state index in [0.717, 1.165) is 24.0 Å². The van der Waals surface area contributed by atoms with Crippen molar-refractivity contribution in [1.29, 1.82) is 0 Å². The van der Waals surface area contributed by atoms with Gasteiger partial charge in [0.25, 0.3) is 0 Å². The summed E-state index contributed by atoms with van der Waals surface area (Å²) in [4.78, 5) is 11.4. The van der Waals surface area contributed by atoms with Gasteiger partial charge in [-0.1, -0.05) is 30.2 Å². The van der Waals surface area contributed by atoms with Crippen LogP contribution in [0.1, 0.15) is 60.8 Å². The maximum Gasteiger partial charge on any atom is 0.331 e. The molecule has 0 fully saturated rings. The first-order valence-electron chi connectivity index (χ1n) is 7.52. The van der Waals surface area contributed by atoms with E-state index in [4.69, 9.17) is 4.74 Å². The second-order valence-corrected chi connectivity index (χ2v) is 5.67. The molecule has 0 aliphatic heterocycles. The van der Waals surface area contributed by atoms with Crippen molar-refractivity contribution in [2.45, 2.75) is 60.8 Å². The smallest absolute Gasteiger partial charge is 0.331 e. The van der Waals surface area contributed by atoms with Crippen LogP contribution in [0.2, 0.25) is 0 Å². The van der Waals surface area contributed by atoms with Gasteiger partial charge in [0.05, 0.1) is 6.61 Å². The fourth-order valence-electron chi connectivity index (χ4n) is 1.79. The zero-order valence-corrected chi connectivity index (χ0v) is 14.0. The average Bonchev–Trinajstić information content (AvgIpc) is 2.35.